The zero-order valence-electron chi connectivity index (χ0n) is 14.8. The first-order valence-corrected chi connectivity index (χ1v) is 9.35. The molecule has 0 saturated heterocycles. The summed E-state index contributed by atoms with van der Waals surface area (Å²) in [6.45, 7) is 3.53. The van der Waals surface area contributed by atoms with Crippen LogP contribution in [-0.2, 0) is 4.79 Å². The van der Waals surface area contributed by atoms with E-state index < -0.39 is 11.7 Å². The van der Waals surface area contributed by atoms with Crippen molar-refractivity contribution in [3.63, 3.8) is 0 Å². The van der Waals surface area contributed by atoms with E-state index in [0.717, 1.165) is 10.6 Å². The van der Waals surface area contributed by atoms with E-state index in [1.807, 2.05) is 54.8 Å². The average Bonchev–Trinajstić information content (AvgIpc) is 2.96. The van der Waals surface area contributed by atoms with Crippen LogP contribution in [-0.4, -0.2) is 27.7 Å². The number of benzene rings is 2. The van der Waals surface area contributed by atoms with Crippen molar-refractivity contribution >= 4 is 29.1 Å². The smallest absolute Gasteiger partial charge is 0.296 e. The van der Waals surface area contributed by atoms with Gasteiger partial charge in [0.05, 0.1) is 22.6 Å². The van der Waals surface area contributed by atoms with E-state index in [1.165, 1.54) is 0 Å². The van der Waals surface area contributed by atoms with Crippen LogP contribution < -0.4 is 5.32 Å². The Balaban J connectivity index is 1.88. The monoisotopic (exact) mass is 365 g/mol. The number of Topliss-reactive ketones (excluding diaryl/α,β-unsaturated/α-hetero) is 1. The second kappa shape index (κ2) is 7.58. The van der Waals surface area contributed by atoms with Gasteiger partial charge in [0.2, 0.25) is 0 Å². The van der Waals surface area contributed by atoms with Gasteiger partial charge in [-0.2, -0.15) is 5.10 Å². The summed E-state index contributed by atoms with van der Waals surface area (Å²) in [7, 11) is 0. The molecule has 1 aromatic heterocycles. The fourth-order valence-corrected chi connectivity index (χ4v) is 3.25. The maximum atomic E-state index is 12.7. The number of ketones is 1. The fourth-order valence-electron chi connectivity index (χ4n) is 2.79. The Morgan fingerprint density at radius 3 is 2.46 bits per heavy atom. The lowest BCUT2D eigenvalue weighted by atomic mass is 10.1. The van der Waals surface area contributed by atoms with Crippen LogP contribution in [0.4, 0.5) is 5.69 Å². The minimum absolute atomic E-state index is 0.340. The summed E-state index contributed by atoms with van der Waals surface area (Å²) in [5, 5.41) is 7.11. The van der Waals surface area contributed by atoms with E-state index in [1.54, 1.807) is 36.4 Å². The van der Waals surface area contributed by atoms with Gasteiger partial charge in [0, 0.05) is 10.6 Å². The molecule has 0 bridgehead atoms. The number of aryl methyl sites for hydroxylation is 1. The largest absolute Gasteiger partial charge is 0.319 e. The van der Waals surface area contributed by atoms with Gasteiger partial charge in [-0.3, -0.25) is 9.59 Å². The van der Waals surface area contributed by atoms with E-state index in [9.17, 15) is 9.59 Å². The summed E-state index contributed by atoms with van der Waals surface area (Å²) < 4.78 is 1.68. The van der Waals surface area contributed by atoms with Gasteiger partial charge < -0.3 is 5.32 Å². The molecule has 132 valence electrons. The molecule has 0 unspecified atom stereocenters. The lowest BCUT2D eigenvalue weighted by Crippen LogP contribution is -2.24. The van der Waals surface area contributed by atoms with Crippen LogP contribution in [0.15, 0.2) is 59.5 Å². The van der Waals surface area contributed by atoms with Crippen LogP contribution in [0.25, 0.3) is 5.69 Å². The Kier molecular flexibility index (Phi) is 5.23. The molecule has 0 saturated carbocycles. The third kappa shape index (κ3) is 3.55. The highest BCUT2D eigenvalue weighted by Crippen LogP contribution is 2.21. The SMILES string of the molecule is CSc1cccc(NC(=O)C(=O)c2c(C)nn(-c3ccccc3)c2C)c1. The average molecular weight is 365 g/mol. The molecular weight excluding hydrogens is 346 g/mol. The Bertz CT molecular complexity index is 964. The molecule has 3 aromatic rings. The standard InChI is InChI=1S/C20H19N3O2S/c1-13-18(14(2)23(22-13)16-9-5-4-6-10-16)19(24)20(25)21-15-8-7-11-17(12-15)26-3/h4-12H,1-3H3,(H,21,25). The van der Waals surface area contributed by atoms with Gasteiger partial charge in [-0.25, -0.2) is 4.68 Å². The number of amides is 1. The third-order valence-corrected chi connectivity index (χ3v) is 4.78. The highest BCUT2D eigenvalue weighted by Gasteiger charge is 2.25. The summed E-state index contributed by atoms with van der Waals surface area (Å²) >= 11 is 1.57. The molecule has 1 heterocycles. The van der Waals surface area contributed by atoms with Crippen LogP contribution in [0.3, 0.4) is 0 Å². The number of carbonyl (C=O) groups is 2. The quantitative estimate of drug-likeness (QED) is 0.421. The number of rotatable bonds is 5. The first-order valence-electron chi connectivity index (χ1n) is 8.12. The molecular formula is C20H19N3O2S. The second-order valence-electron chi connectivity index (χ2n) is 5.81. The normalized spacial score (nSPS) is 10.6. The Hall–Kier alpha value is -2.86. The Morgan fingerprint density at radius 2 is 1.77 bits per heavy atom. The molecule has 0 fully saturated rings. The summed E-state index contributed by atoms with van der Waals surface area (Å²) in [4.78, 5) is 26.2. The predicted octanol–water partition coefficient (Wildman–Crippen LogP) is 4.03. The summed E-state index contributed by atoms with van der Waals surface area (Å²) in [6.07, 6.45) is 1.96. The number of thioether (sulfide) groups is 1. The van der Waals surface area contributed by atoms with Gasteiger partial charge in [0.15, 0.2) is 0 Å². The molecule has 1 N–H and O–H groups in total. The van der Waals surface area contributed by atoms with Crippen molar-refractivity contribution < 1.29 is 9.59 Å². The molecule has 0 aliphatic carbocycles. The number of anilines is 1. The van der Waals surface area contributed by atoms with E-state index in [2.05, 4.69) is 10.4 Å². The highest BCUT2D eigenvalue weighted by molar-refractivity contribution is 7.98. The van der Waals surface area contributed by atoms with Crippen LogP contribution >= 0.6 is 11.8 Å². The van der Waals surface area contributed by atoms with Crippen molar-refractivity contribution in [3.8, 4) is 5.69 Å². The van der Waals surface area contributed by atoms with Crippen molar-refractivity contribution in [2.75, 3.05) is 11.6 Å². The minimum atomic E-state index is -0.665. The molecule has 0 aliphatic heterocycles. The summed E-state index contributed by atoms with van der Waals surface area (Å²) in [5.41, 5.74) is 2.96. The van der Waals surface area contributed by atoms with Gasteiger partial charge in [-0.05, 0) is 50.4 Å². The molecule has 5 nitrogen and oxygen atoms in total. The van der Waals surface area contributed by atoms with E-state index in [0.29, 0.717) is 22.6 Å². The maximum absolute atomic E-state index is 12.7. The second-order valence-corrected chi connectivity index (χ2v) is 6.69. The summed E-state index contributed by atoms with van der Waals surface area (Å²) in [5.74, 6) is -1.25. The Morgan fingerprint density at radius 1 is 1.04 bits per heavy atom. The summed E-state index contributed by atoms with van der Waals surface area (Å²) in [6, 6.07) is 16.9. The molecule has 26 heavy (non-hydrogen) atoms. The van der Waals surface area contributed by atoms with Gasteiger partial charge in [-0.1, -0.05) is 24.3 Å². The highest BCUT2D eigenvalue weighted by atomic mass is 32.2. The van der Waals surface area contributed by atoms with E-state index in [4.69, 9.17) is 0 Å². The number of hydrogen-bond donors (Lipinski definition) is 1. The predicted molar refractivity (Wildman–Crippen MR) is 104 cm³/mol. The zero-order chi connectivity index (χ0) is 18.7. The van der Waals surface area contributed by atoms with Crippen LogP contribution in [0, 0.1) is 13.8 Å². The number of hydrogen-bond acceptors (Lipinski definition) is 4. The molecule has 2 aromatic carbocycles. The zero-order valence-corrected chi connectivity index (χ0v) is 15.6. The van der Waals surface area contributed by atoms with Crippen molar-refractivity contribution in [2.45, 2.75) is 18.7 Å². The van der Waals surface area contributed by atoms with Crippen LogP contribution in [0.1, 0.15) is 21.7 Å². The van der Waals surface area contributed by atoms with E-state index >= 15 is 0 Å². The van der Waals surface area contributed by atoms with Gasteiger partial charge in [-0.15, -0.1) is 11.8 Å². The molecule has 0 atom stereocenters. The van der Waals surface area contributed by atoms with Crippen molar-refractivity contribution in [1.82, 2.24) is 9.78 Å². The number of nitrogens with one attached hydrogen (secondary N) is 1. The topological polar surface area (TPSA) is 64.0 Å². The van der Waals surface area contributed by atoms with Gasteiger partial charge >= 0.3 is 0 Å². The molecule has 0 spiro atoms. The molecule has 3 rings (SSSR count). The van der Waals surface area contributed by atoms with Crippen molar-refractivity contribution in [3.05, 3.63) is 71.5 Å². The van der Waals surface area contributed by atoms with Crippen LogP contribution in [0.5, 0.6) is 0 Å². The molecule has 1 amide bonds. The third-order valence-electron chi connectivity index (χ3n) is 4.05. The van der Waals surface area contributed by atoms with Crippen LogP contribution in [0.2, 0.25) is 0 Å². The lowest BCUT2D eigenvalue weighted by molar-refractivity contribution is -0.112. The van der Waals surface area contributed by atoms with Crippen molar-refractivity contribution in [1.29, 1.82) is 0 Å². The first kappa shape index (κ1) is 17.9. The Labute approximate surface area is 156 Å². The fraction of sp³-hybridized carbons (Fsp3) is 0.150. The number of nitrogens with zero attached hydrogens (tertiary/aromatic N) is 2. The number of carbonyl (C=O) groups excluding carboxylic acids is 2. The molecule has 6 heteroatoms. The van der Waals surface area contributed by atoms with Crippen molar-refractivity contribution in [2.24, 2.45) is 0 Å². The molecule has 0 radical (unpaired) electrons. The van der Waals surface area contributed by atoms with E-state index in [-0.39, 0.29) is 0 Å². The minimum Gasteiger partial charge on any atom is -0.319 e. The lowest BCUT2D eigenvalue weighted by Gasteiger charge is -2.07. The molecule has 0 aliphatic rings. The van der Waals surface area contributed by atoms with Gasteiger partial charge in [0.1, 0.15) is 0 Å². The number of para-hydroxylation sites is 1. The first-order chi connectivity index (χ1) is 12.5. The number of aromatic nitrogens is 2. The van der Waals surface area contributed by atoms with Gasteiger partial charge in [0.25, 0.3) is 11.7 Å². The maximum Gasteiger partial charge on any atom is 0.296 e.